The van der Waals surface area contributed by atoms with Crippen LogP contribution in [0.3, 0.4) is 0 Å². The average Bonchev–Trinajstić information content (AvgIpc) is 1.61. The highest BCUT2D eigenvalue weighted by Crippen LogP contribution is 2.34. The second-order valence-corrected chi connectivity index (χ2v) is 36.9. The van der Waals surface area contributed by atoms with Gasteiger partial charge in [-0.2, -0.15) is 0 Å². The van der Waals surface area contributed by atoms with Crippen LogP contribution in [0, 0.1) is 48.1 Å². The first kappa shape index (κ1) is 124. The van der Waals surface area contributed by atoms with E-state index >= 15 is 0 Å². The van der Waals surface area contributed by atoms with Crippen LogP contribution in [-0.4, -0.2) is 344 Å². The number of nitrogens with one attached hydrogen (secondary N) is 2. The summed E-state index contributed by atoms with van der Waals surface area (Å²) in [4.78, 5) is 182. The molecule has 0 spiro atoms. The minimum atomic E-state index is -0.657. The number of carbonyl (C=O) groups excluding carboxylic acids is 7. The van der Waals surface area contributed by atoms with Crippen molar-refractivity contribution in [2.45, 2.75) is 156 Å². The van der Waals surface area contributed by atoms with Gasteiger partial charge in [-0.15, -0.1) is 0 Å². The summed E-state index contributed by atoms with van der Waals surface area (Å²) >= 11 is 16.6. The number of carbonyl (C=O) groups is 7. The van der Waals surface area contributed by atoms with Crippen molar-refractivity contribution < 1.29 is 86.2 Å². The van der Waals surface area contributed by atoms with E-state index in [4.69, 9.17) is 74.7 Å². The molecule has 149 heavy (non-hydrogen) atoms. The van der Waals surface area contributed by atoms with Crippen molar-refractivity contribution in [1.82, 2.24) is 83.3 Å². The van der Waals surface area contributed by atoms with E-state index in [9.17, 15) is 73.5 Å². The summed E-state index contributed by atoms with van der Waals surface area (Å²) in [6.45, 7) is 20.9. The van der Waals surface area contributed by atoms with Gasteiger partial charge in [0.15, 0.2) is 11.3 Å². The Bertz CT molecular complexity index is 5740. The zero-order valence-electron chi connectivity index (χ0n) is 88.7. The van der Waals surface area contributed by atoms with E-state index in [1.807, 2.05) is 140 Å². The largest absolute Gasteiger partial charge is 0.507 e. The molecule has 14 heterocycles. The number of nitro groups is 3. The third-order valence-corrected chi connectivity index (χ3v) is 25.2. The molecule has 6 aliphatic heterocycles. The van der Waals surface area contributed by atoms with Crippen molar-refractivity contribution in [2.24, 2.45) is 30.5 Å². The first-order chi connectivity index (χ1) is 70.9. The van der Waals surface area contributed by atoms with E-state index in [-0.39, 0.29) is 115 Å². The normalized spacial score (nSPS) is 14.9. The Labute approximate surface area is 882 Å². The lowest BCUT2D eigenvalue weighted by Crippen LogP contribution is -2.43. The van der Waals surface area contributed by atoms with Gasteiger partial charge in [0.05, 0.1) is 91.0 Å². The number of aromatic nitrogens is 10. The molecular weight excluding hydrogens is 2000 g/mol. The molecule has 14 rings (SSSR count). The van der Waals surface area contributed by atoms with Crippen molar-refractivity contribution in [3.8, 4) is 0 Å². The maximum atomic E-state index is 12.8. The van der Waals surface area contributed by atoms with Crippen LogP contribution >= 0.6 is 34.8 Å². The van der Waals surface area contributed by atoms with Gasteiger partial charge in [0, 0.05) is 178 Å². The fourth-order valence-corrected chi connectivity index (χ4v) is 17.1. The Morgan fingerprint density at radius 3 is 1.05 bits per heavy atom. The number of aryl methyl sites for hydroxylation is 1. The summed E-state index contributed by atoms with van der Waals surface area (Å²) < 4.78 is 43.2. The molecule has 0 atom stereocenters. The van der Waals surface area contributed by atoms with E-state index in [0.717, 1.165) is 124 Å². The Morgan fingerprint density at radius 1 is 0.409 bits per heavy atom. The van der Waals surface area contributed by atoms with Gasteiger partial charge in [-0.3, -0.25) is 44.0 Å². The minimum Gasteiger partial charge on any atom is -0.450 e. The zero-order chi connectivity index (χ0) is 110. The zero-order valence-corrected chi connectivity index (χ0v) is 91.0. The molecule has 0 aromatic carbocycles. The number of nitrogen functional groups attached to an aromatic ring is 1. The van der Waals surface area contributed by atoms with Gasteiger partial charge in [0.1, 0.15) is 45.0 Å². The molecule has 0 unspecified atom stereocenters. The van der Waals surface area contributed by atoms with Crippen LogP contribution < -0.4 is 47.8 Å². The minimum absolute atomic E-state index is 0.00257. The standard InChI is InChI=1S/C17H25N5O3.C16H23N5O3.C16H24N4O4.C16H26N4O2.C14H18ClN3O4.C8H16N2O2.C5H2Cl2N2O2.C3H6O3.C2H7N/c1-5-25-17(24)21-10-8-12(9-11-21)22-15-13(20(4)16(22)23)6-7-14(18-15)19(2)3;1-4-24-16(23)20-9-7-11(8-10-20)21-14-12(17-15(21)22)5-6-13(18-14)19(2)3;1-4-24-16(21)19-9-7-12(8-10-19)11-13-14(20(22)23)5-6-15(17-13)18(2)3;1-4-22-16(21)20-9-7-12(8-10-20)11-14-13(17)5-6-15(18-14)19(2)3;1-2-22-14(19)17-7-5-10(6-8-17)9-11-12(18(20)21)3-4-13(15)16-11;1-2-12-8(11)10-5-3-7(9)4-6-10;6-4-2-1-3(9(10)11)5(7)8-4;1-5-3(4)6-2;1-3-2/h6-7,12H,5,8-11H2,1-4H3;5-6,11H,4,7-10H2,1-3H3,(H,17,22);5-6,12H,4,7-11H2,1-3H3;5-6,12H,4,7-11,17H2,1-3H3;3-4,10H,2,5-9H2,1H3;7H,2-6,9H2,1H3;1-2H;1-2H3;3H,1-2H3. The van der Waals surface area contributed by atoms with Crippen LogP contribution in [0.2, 0.25) is 15.5 Å². The molecule has 6 N–H and O–H groups in total. The van der Waals surface area contributed by atoms with Gasteiger partial charge in [-0.1, -0.05) is 34.8 Å². The molecule has 0 radical (unpaired) electrons. The van der Waals surface area contributed by atoms with Crippen molar-refractivity contribution in [3.63, 3.8) is 0 Å². The van der Waals surface area contributed by atoms with E-state index in [1.165, 1.54) is 44.6 Å². The van der Waals surface area contributed by atoms with Gasteiger partial charge in [-0.25, -0.2) is 73.1 Å². The van der Waals surface area contributed by atoms with Gasteiger partial charge in [-0.05, 0) is 224 Å². The number of amides is 6. The van der Waals surface area contributed by atoms with Crippen molar-refractivity contribution in [1.29, 1.82) is 0 Å². The maximum Gasteiger partial charge on any atom is 0.507 e. The molecule has 6 fully saturated rings. The second-order valence-electron chi connectivity index (χ2n) is 35.8. The summed E-state index contributed by atoms with van der Waals surface area (Å²) in [7, 11) is 23.4. The summed E-state index contributed by atoms with van der Waals surface area (Å²) in [6, 6.07) is 20.3. The van der Waals surface area contributed by atoms with Crippen molar-refractivity contribution >= 4 is 146 Å². The molecule has 824 valence electrons. The first-order valence-corrected chi connectivity index (χ1v) is 50.6. The van der Waals surface area contributed by atoms with Crippen molar-refractivity contribution in [2.75, 3.05) is 228 Å². The molecule has 49 nitrogen and oxygen atoms in total. The number of halogens is 3. The Balaban J connectivity index is 0.000000265. The van der Waals surface area contributed by atoms with Gasteiger partial charge >= 0.3 is 59.8 Å². The number of hydrogen-bond donors (Lipinski definition) is 4. The molecule has 52 heteroatoms. The number of piperidine rings is 6. The number of ether oxygens (including phenoxy) is 8. The van der Waals surface area contributed by atoms with Crippen LogP contribution in [0.4, 0.5) is 79.6 Å². The molecule has 6 amide bonds. The van der Waals surface area contributed by atoms with Crippen LogP contribution in [0.25, 0.3) is 22.3 Å². The number of methoxy groups -OCH3 is 2. The number of imidazole rings is 2. The quantitative estimate of drug-likeness (QED) is 0.0171. The highest BCUT2D eigenvalue weighted by Gasteiger charge is 2.34. The Kier molecular flexibility index (Phi) is 52.6. The monoisotopic (exact) mass is 2150 g/mol. The van der Waals surface area contributed by atoms with E-state index in [0.29, 0.717) is 165 Å². The highest BCUT2D eigenvalue weighted by atomic mass is 35.5. The molecule has 8 aromatic heterocycles. The number of rotatable bonds is 21. The predicted octanol–water partition coefficient (Wildman–Crippen LogP) is 13.9. The number of hydrogen-bond acceptors (Lipinski definition) is 36. The number of aromatic amines is 1. The maximum absolute atomic E-state index is 12.8. The van der Waals surface area contributed by atoms with E-state index < -0.39 is 16.0 Å². The Hall–Kier alpha value is -13.7. The SMILES string of the molecule is CCOC(=O)N1CCC(Cc2nc(Cl)ccc2[N+](=O)[O-])CC1.CCOC(=O)N1CCC(Cc2nc(N(C)C)ccc2N)CC1.CCOC(=O)N1CCC(Cc2nc(N(C)C)ccc2[N+](=O)[O-])CC1.CCOC(=O)N1CCC(N)CC1.CCOC(=O)N1CCC(n2c(=O)[nH]c3ccc(N(C)C)nc32)CC1.CCOC(=O)N1CCC(n2c(=O)n(C)c3ccc(N(C)C)nc32)CC1.CNC.COC(=O)OC.O=[N+]([O-])c1ccc(Cl)nc1Cl. The van der Waals surface area contributed by atoms with Crippen molar-refractivity contribution in [3.05, 3.63) is 157 Å². The third-order valence-electron chi connectivity index (χ3n) is 24.5. The number of anilines is 5. The van der Waals surface area contributed by atoms with Gasteiger partial charge in [0.25, 0.3) is 11.4 Å². The summed E-state index contributed by atoms with van der Waals surface area (Å²) in [6.07, 6.45) is 9.38. The highest BCUT2D eigenvalue weighted by molar-refractivity contribution is 6.33. The molecule has 6 saturated heterocycles. The number of likely N-dealkylation sites (tertiary alicyclic amines) is 6. The predicted molar refractivity (Wildman–Crippen MR) is 568 cm³/mol. The number of pyridine rings is 6. The summed E-state index contributed by atoms with van der Waals surface area (Å²) in [5.74, 6) is 4.29. The third kappa shape index (κ3) is 38.8. The number of nitrogens with two attached hydrogens (primary N) is 2. The number of nitrogens with zero attached hydrogens (tertiary/aromatic N) is 22. The lowest BCUT2D eigenvalue weighted by molar-refractivity contribution is -0.386. The fraction of sp³-hybridized carbons (Fsp3) is 0.598. The van der Waals surface area contributed by atoms with Crippen LogP contribution in [0.5, 0.6) is 0 Å². The molecule has 8 aromatic rings. The molecular formula is C97H147Cl3N26O23. The van der Waals surface area contributed by atoms with Crippen LogP contribution in [0.15, 0.2) is 82.4 Å². The number of H-pyrrole nitrogens is 1. The summed E-state index contributed by atoms with van der Waals surface area (Å²) in [5, 5.41) is 35.4. The molecule has 6 aliphatic rings. The number of fused-ring (bicyclic) bond motifs is 2. The molecule has 0 aliphatic carbocycles. The summed E-state index contributed by atoms with van der Waals surface area (Å²) in [5.41, 5.74) is 16.9. The topological polar surface area (TPSA) is 561 Å². The first-order valence-electron chi connectivity index (χ1n) is 49.5. The fourth-order valence-electron chi connectivity index (χ4n) is 16.5. The van der Waals surface area contributed by atoms with Gasteiger partial charge in [0.2, 0.25) is 5.15 Å². The van der Waals surface area contributed by atoms with E-state index in [2.05, 4.69) is 49.7 Å². The lowest BCUT2D eigenvalue weighted by Gasteiger charge is -2.31. The smallest absolute Gasteiger partial charge is 0.450 e. The molecule has 0 saturated carbocycles. The second kappa shape index (κ2) is 63.2. The Morgan fingerprint density at radius 2 is 0.705 bits per heavy atom. The van der Waals surface area contributed by atoms with Crippen LogP contribution in [-0.2, 0) is 64.2 Å². The molecule has 0 bridgehead atoms. The van der Waals surface area contributed by atoms with E-state index in [1.54, 1.807) is 83.9 Å². The van der Waals surface area contributed by atoms with Gasteiger partial charge < -0.3 is 109 Å². The lowest BCUT2D eigenvalue weighted by atomic mass is 9.91. The average molecular weight is 2150 g/mol. The van der Waals surface area contributed by atoms with Crippen LogP contribution in [0.1, 0.15) is 148 Å².